The number of hydrogen-bond donors (Lipinski definition) is 0. The van der Waals surface area contributed by atoms with Crippen LogP contribution in [0.3, 0.4) is 0 Å². The van der Waals surface area contributed by atoms with Crippen LogP contribution in [0.25, 0.3) is 5.13 Å². The van der Waals surface area contributed by atoms with Gasteiger partial charge in [-0.3, -0.25) is 4.79 Å². The molecule has 9 heteroatoms. The number of aldehydes is 1. The van der Waals surface area contributed by atoms with E-state index in [1.165, 1.54) is 0 Å². The molecule has 0 radical (unpaired) electrons. The van der Waals surface area contributed by atoms with Crippen LogP contribution in [0.1, 0.15) is 26.8 Å². The van der Waals surface area contributed by atoms with Gasteiger partial charge in [-0.1, -0.05) is 16.6 Å². The van der Waals surface area contributed by atoms with Gasteiger partial charge in [0.1, 0.15) is 0 Å². The molecule has 0 aliphatic carbocycles. The van der Waals surface area contributed by atoms with Crippen LogP contribution in [0.5, 0.6) is 0 Å². The number of carbonyl (C=O) groups excluding carboxylic acids is 1. The first-order valence-electron chi connectivity index (χ1n) is 4.77. The lowest BCUT2D eigenvalue weighted by atomic mass is 10.3. The number of aryl methyl sites for hydroxylation is 2. The molecule has 2 aromatic heterocycles. The smallest absolute Gasteiger partial charge is 0.296 e. The first kappa shape index (κ1) is 12.7. The molecule has 0 aliphatic rings. The fourth-order valence-corrected chi connectivity index (χ4v) is 2.18. The van der Waals surface area contributed by atoms with Crippen molar-refractivity contribution in [2.75, 3.05) is 0 Å². The summed E-state index contributed by atoms with van der Waals surface area (Å²) < 4.78 is 39.1. The molecule has 18 heavy (non-hydrogen) atoms. The average Bonchev–Trinajstić information content (AvgIpc) is 2.82. The molecule has 5 nitrogen and oxygen atoms in total. The zero-order valence-corrected chi connectivity index (χ0v) is 10.1. The fraction of sp³-hybridized carbons (Fsp3) is 0.333. The maximum atomic E-state index is 12.8. The van der Waals surface area contributed by atoms with Crippen LogP contribution in [0.15, 0.2) is 0 Å². The highest BCUT2D eigenvalue weighted by molar-refractivity contribution is 7.14. The van der Waals surface area contributed by atoms with Gasteiger partial charge in [0, 0.05) is 4.88 Å². The summed E-state index contributed by atoms with van der Waals surface area (Å²) in [6.45, 7) is 3.42. The van der Waals surface area contributed by atoms with E-state index in [1.54, 1.807) is 13.8 Å². The first-order chi connectivity index (χ1) is 8.34. The number of hydrogen-bond acceptors (Lipinski definition) is 5. The van der Waals surface area contributed by atoms with E-state index in [0.717, 1.165) is 16.2 Å². The zero-order valence-electron chi connectivity index (χ0n) is 9.32. The molecule has 0 amide bonds. The van der Waals surface area contributed by atoms with Crippen LogP contribution < -0.4 is 0 Å². The van der Waals surface area contributed by atoms with E-state index in [2.05, 4.69) is 15.3 Å². The van der Waals surface area contributed by atoms with Crippen LogP contribution in [0.2, 0.25) is 0 Å². The summed E-state index contributed by atoms with van der Waals surface area (Å²) in [6.07, 6.45) is -4.69. The zero-order chi connectivity index (χ0) is 13.5. The van der Waals surface area contributed by atoms with Crippen molar-refractivity contribution < 1.29 is 18.0 Å². The molecule has 2 heterocycles. The van der Waals surface area contributed by atoms with Gasteiger partial charge < -0.3 is 0 Å². The molecule has 0 aliphatic heterocycles. The van der Waals surface area contributed by atoms with Gasteiger partial charge >= 0.3 is 6.18 Å². The Morgan fingerprint density at radius 3 is 2.44 bits per heavy atom. The molecular formula is C9H7F3N4OS. The van der Waals surface area contributed by atoms with Crippen molar-refractivity contribution in [2.45, 2.75) is 20.0 Å². The van der Waals surface area contributed by atoms with Crippen molar-refractivity contribution in [3.63, 3.8) is 0 Å². The molecular weight excluding hydrogens is 269 g/mol. The van der Waals surface area contributed by atoms with E-state index in [0.29, 0.717) is 10.4 Å². The third kappa shape index (κ3) is 2.01. The minimum Gasteiger partial charge on any atom is -0.296 e. The standard InChI is InChI=1S/C9H7F3N4OS/c1-4-5(2)18-8(13-4)16-7(9(10,11)12)6(3-17)14-15-16/h3H,1-2H3. The van der Waals surface area contributed by atoms with Gasteiger partial charge in [-0.15, -0.1) is 5.10 Å². The Kier molecular flexibility index (Phi) is 2.93. The summed E-state index contributed by atoms with van der Waals surface area (Å²) in [6, 6.07) is 0. The Balaban J connectivity index is 2.65. The van der Waals surface area contributed by atoms with Gasteiger partial charge in [0.2, 0.25) is 5.13 Å². The third-order valence-electron chi connectivity index (χ3n) is 2.27. The minimum absolute atomic E-state index is 0.0274. The average molecular weight is 276 g/mol. The van der Waals surface area contributed by atoms with Crippen LogP contribution in [-0.4, -0.2) is 26.3 Å². The number of nitrogens with zero attached hydrogens (tertiary/aromatic N) is 4. The van der Waals surface area contributed by atoms with Crippen LogP contribution >= 0.6 is 11.3 Å². The van der Waals surface area contributed by atoms with E-state index in [4.69, 9.17) is 0 Å². The number of carbonyl (C=O) groups is 1. The van der Waals surface area contributed by atoms with Gasteiger partial charge in [-0.05, 0) is 13.8 Å². The minimum atomic E-state index is -4.72. The molecule has 0 bridgehead atoms. The van der Waals surface area contributed by atoms with Gasteiger partial charge in [-0.25, -0.2) is 4.98 Å². The molecule has 2 rings (SSSR count). The molecule has 0 aromatic carbocycles. The Morgan fingerprint density at radius 2 is 2.00 bits per heavy atom. The lowest BCUT2D eigenvalue weighted by molar-refractivity contribution is -0.143. The molecule has 0 atom stereocenters. The molecule has 0 saturated heterocycles. The summed E-state index contributed by atoms with van der Waals surface area (Å²) in [4.78, 5) is 15.3. The Labute approximate surface area is 103 Å². The third-order valence-corrected chi connectivity index (χ3v) is 3.32. The van der Waals surface area contributed by atoms with Crippen molar-refractivity contribution in [1.82, 2.24) is 20.0 Å². The molecule has 0 unspecified atom stereocenters. The first-order valence-corrected chi connectivity index (χ1v) is 5.58. The van der Waals surface area contributed by atoms with Crippen molar-refractivity contribution in [3.8, 4) is 5.13 Å². The van der Waals surface area contributed by atoms with Gasteiger partial charge in [0.15, 0.2) is 17.7 Å². The normalized spacial score (nSPS) is 11.8. The Hall–Kier alpha value is -1.77. The highest BCUT2D eigenvalue weighted by Gasteiger charge is 2.40. The number of halogens is 3. The van der Waals surface area contributed by atoms with E-state index in [9.17, 15) is 18.0 Å². The lowest BCUT2D eigenvalue weighted by Gasteiger charge is -2.06. The van der Waals surface area contributed by atoms with Gasteiger partial charge in [0.05, 0.1) is 5.69 Å². The molecule has 0 N–H and O–H groups in total. The second-order valence-corrected chi connectivity index (χ2v) is 4.67. The summed E-state index contributed by atoms with van der Waals surface area (Å²) in [7, 11) is 0. The fourth-order valence-electron chi connectivity index (χ4n) is 1.32. The number of alkyl halides is 3. The maximum absolute atomic E-state index is 12.8. The van der Waals surface area contributed by atoms with Gasteiger partial charge in [0.25, 0.3) is 0 Å². The van der Waals surface area contributed by atoms with E-state index >= 15 is 0 Å². The SMILES string of the molecule is Cc1nc(-n2nnc(C=O)c2C(F)(F)F)sc1C. The summed E-state index contributed by atoms with van der Waals surface area (Å²) in [5.41, 5.74) is -1.33. The largest absolute Gasteiger partial charge is 0.435 e. The Bertz CT molecular complexity index is 582. The monoisotopic (exact) mass is 276 g/mol. The van der Waals surface area contributed by atoms with Crippen molar-refractivity contribution in [2.24, 2.45) is 0 Å². The van der Waals surface area contributed by atoms with Gasteiger partial charge in [-0.2, -0.15) is 17.9 Å². The number of thiazole rings is 1. The van der Waals surface area contributed by atoms with Crippen molar-refractivity contribution in [1.29, 1.82) is 0 Å². The highest BCUT2D eigenvalue weighted by Crippen LogP contribution is 2.33. The summed E-state index contributed by atoms with van der Waals surface area (Å²) in [5.74, 6) is 0. The number of rotatable bonds is 2. The molecule has 96 valence electrons. The molecule has 0 spiro atoms. The predicted octanol–water partition coefficient (Wildman–Crippen LogP) is 2.17. The maximum Gasteiger partial charge on any atom is 0.435 e. The quantitative estimate of drug-likeness (QED) is 0.789. The predicted molar refractivity (Wildman–Crippen MR) is 56.9 cm³/mol. The molecule has 2 aromatic rings. The van der Waals surface area contributed by atoms with Crippen molar-refractivity contribution in [3.05, 3.63) is 22.0 Å². The highest BCUT2D eigenvalue weighted by atomic mass is 32.1. The molecule has 0 fully saturated rings. The van der Waals surface area contributed by atoms with E-state index < -0.39 is 17.6 Å². The summed E-state index contributed by atoms with van der Waals surface area (Å²) in [5, 5.41) is 6.59. The van der Waals surface area contributed by atoms with Crippen molar-refractivity contribution >= 4 is 17.6 Å². The second kappa shape index (κ2) is 4.16. The molecule has 0 saturated carbocycles. The van der Waals surface area contributed by atoms with Crippen LogP contribution in [0.4, 0.5) is 13.2 Å². The second-order valence-electron chi connectivity index (χ2n) is 3.49. The lowest BCUT2D eigenvalue weighted by Crippen LogP contribution is -2.15. The number of aromatic nitrogens is 4. The Morgan fingerprint density at radius 1 is 1.33 bits per heavy atom. The van der Waals surface area contributed by atoms with E-state index in [1.807, 2.05) is 0 Å². The van der Waals surface area contributed by atoms with E-state index in [-0.39, 0.29) is 11.4 Å². The topological polar surface area (TPSA) is 60.7 Å². The summed E-state index contributed by atoms with van der Waals surface area (Å²) >= 11 is 1.05. The van der Waals surface area contributed by atoms with Crippen LogP contribution in [-0.2, 0) is 6.18 Å². The van der Waals surface area contributed by atoms with Crippen LogP contribution in [0, 0.1) is 13.8 Å².